The first kappa shape index (κ1) is 17.0. The van der Waals surface area contributed by atoms with Crippen molar-refractivity contribution in [1.82, 2.24) is 5.32 Å². The molecule has 1 N–H and O–H groups in total. The van der Waals surface area contributed by atoms with Crippen molar-refractivity contribution < 1.29 is 0 Å². The molecule has 0 saturated carbocycles. The molecule has 0 radical (unpaired) electrons. The molecule has 0 saturated heterocycles. The molecule has 0 aliphatic heterocycles. The molecule has 17 heavy (non-hydrogen) atoms. The maximum absolute atomic E-state index is 3.75. The maximum atomic E-state index is 3.75. The Kier molecular flexibility index (Phi) is 8.94. The van der Waals surface area contributed by atoms with Crippen LogP contribution in [0.3, 0.4) is 0 Å². The van der Waals surface area contributed by atoms with E-state index in [1.54, 1.807) is 0 Å². The minimum absolute atomic E-state index is 0.469. The molecule has 0 amide bonds. The van der Waals surface area contributed by atoms with Crippen LogP contribution in [-0.4, -0.2) is 12.6 Å². The van der Waals surface area contributed by atoms with Gasteiger partial charge in [-0.2, -0.15) is 0 Å². The summed E-state index contributed by atoms with van der Waals surface area (Å²) in [6.45, 7) is 15.2. The van der Waals surface area contributed by atoms with Crippen LogP contribution in [0.1, 0.15) is 80.1 Å². The van der Waals surface area contributed by atoms with Gasteiger partial charge < -0.3 is 5.32 Å². The van der Waals surface area contributed by atoms with Gasteiger partial charge in [0.2, 0.25) is 0 Å². The molecule has 0 heterocycles. The number of nitrogens with one attached hydrogen (secondary N) is 1. The molecule has 2 unspecified atom stereocenters. The fourth-order valence-corrected chi connectivity index (χ4v) is 2.23. The lowest BCUT2D eigenvalue weighted by Gasteiger charge is -2.28. The van der Waals surface area contributed by atoms with Crippen molar-refractivity contribution in [2.45, 2.75) is 86.1 Å². The summed E-state index contributed by atoms with van der Waals surface area (Å²) in [4.78, 5) is 0. The van der Waals surface area contributed by atoms with Gasteiger partial charge in [0.1, 0.15) is 0 Å². The Morgan fingerprint density at radius 3 is 2.12 bits per heavy atom. The summed E-state index contributed by atoms with van der Waals surface area (Å²) in [5.74, 6) is 0.823. The van der Waals surface area contributed by atoms with Crippen molar-refractivity contribution in [1.29, 1.82) is 0 Å². The zero-order valence-electron chi connectivity index (χ0n) is 13.1. The van der Waals surface area contributed by atoms with Gasteiger partial charge in [-0.15, -0.1) is 0 Å². The van der Waals surface area contributed by atoms with Gasteiger partial charge in [-0.25, -0.2) is 0 Å². The monoisotopic (exact) mass is 241 g/mol. The molecule has 0 rings (SSSR count). The Morgan fingerprint density at radius 2 is 1.65 bits per heavy atom. The zero-order valence-corrected chi connectivity index (χ0v) is 13.1. The molecule has 0 aliphatic rings. The molecule has 0 spiro atoms. The van der Waals surface area contributed by atoms with Crippen LogP contribution in [0, 0.1) is 11.3 Å². The van der Waals surface area contributed by atoms with Crippen LogP contribution in [0.5, 0.6) is 0 Å². The van der Waals surface area contributed by atoms with Crippen LogP contribution in [0.15, 0.2) is 0 Å². The SMILES string of the molecule is CCCCC(C)C(CCC(C)(C)C)NCCC. The van der Waals surface area contributed by atoms with Crippen LogP contribution in [-0.2, 0) is 0 Å². The summed E-state index contributed by atoms with van der Waals surface area (Å²) < 4.78 is 0. The summed E-state index contributed by atoms with van der Waals surface area (Å²) in [6, 6.07) is 0.723. The standard InChI is InChI=1S/C16H35N/c1-7-9-10-14(3)15(17-13-8-2)11-12-16(4,5)6/h14-15,17H,7-13H2,1-6H3. The van der Waals surface area contributed by atoms with Gasteiger partial charge in [-0.1, -0.05) is 54.4 Å². The summed E-state index contributed by atoms with van der Waals surface area (Å²) in [5.41, 5.74) is 0.469. The molecular weight excluding hydrogens is 206 g/mol. The highest BCUT2D eigenvalue weighted by atomic mass is 14.9. The third-order valence-corrected chi connectivity index (χ3v) is 3.56. The van der Waals surface area contributed by atoms with E-state index in [1.165, 1.54) is 45.1 Å². The number of unbranched alkanes of at least 4 members (excludes halogenated alkanes) is 1. The average Bonchev–Trinajstić information content (AvgIpc) is 2.24. The first-order valence-corrected chi connectivity index (χ1v) is 7.64. The highest BCUT2D eigenvalue weighted by Crippen LogP contribution is 2.25. The Labute approximate surface area is 110 Å². The van der Waals surface area contributed by atoms with Crippen molar-refractivity contribution in [2.24, 2.45) is 11.3 Å². The maximum Gasteiger partial charge on any atom is 0.00928 e. The van der Waals surface area contributed by atoms with E-state index in [-0.39, 0.29) is 0 Å². The second kappa shape index (κ2) is 8.97. The minimum atomic E-state index is 0.469. The fourth-order valence-electron chi connectivity index (χ4n) is 2.23. The third kappa shape index (κ3) is 9.64. The van der Waals surface area contributed by atoms with E-state index in [0.717, 1.165) is 12.0 Å². The average molecular weight is 241 g/mol. The second-order valence-electron chi connectivity index (χ2n) is 6.78. The van der Waals surface area contributed by atoms with E-state index < -0.39 is 0 Å². The summed E-state index contributed by atoms with van der Waals surface area (Å²) >= 11 is 0. The van der Waals surface area contributed by atoms with Crippen molar-refractivity contribution in [3.63, 3.8) is 0 Å². The van der Waals surface area contributed by atoms with E-state index in [0.29, 0.717) is 5.41 Å². The lowest BCUT2D eigenvalue weighted by atomic mass is 9.84. The zero-order chi connectivity index (χ0) is 13.3. The van der Waals surface area contributed by atoms with Crippen LogP contribution >= 0.6 is 0 Å². The molecule has 0 aromatic rings. The van der Waals surface area contributed by atoms with Gasteiger partial charge in [-0.05, 0) is 43.6 Å². The van der Waals surface area contributed by atoms with Crippen molar-refractivity contribution in [3.8, 4) is 0 Å². The fraction of sp³-hybridized carbons (Fsp3) is 1.00. The largest absolute Gasteiger partial charge is 0.314 e. The number of hydrogen-bond donors (Lipinski definition) is 1. The first-order valence-electron chi connectivity index (χ1n) is 7.64. The van der Waals surface area contributed by atoms with Crippen LogP contribution in [0.25, 0.3) is 0 Å². The van der Waals surface area contributed by atoms with Gasteiger partial charge in [0, 0.05) is 6.04 Å². The second-order valence-corrected chi connectivity index (χ2v) is 6.78. The van der Waals surface area contributed by atoms with E-state index in [1.807, 2.05) is 0 Å². The van der Waals surface area contributed by atoms with Gasteiger partial charge in [0.15, 0.2) is 0 Å². The van der Waals surface area contributed by atoms with E-state index in [2.05, 4.69) is 46.9 Å². The molecule has 0 aliphatic carbocycles. The quantitative estimate of drug-likeness (QED) is 0.598. The normalized spacial score (nSPS) is 15.9. The molecule has 2 atom stereocenters. The minimum Gasteiger partial charge on any atom is -0.314 e. The smallest absolute Gasteiger partial charge is 0.00928 e. The molecule has 104 valence electrons. The van der Waals surface area contributed by atoms with Crippen LogP contribution in [0.4, 0.5) is 0 Å². The molecule has 0 aromatic carbocycles. The highest BCUT2D eigenvalue weighted by molar-refractivity contribution is 4.76. The predicted molar refractivity (Wildman–Crippen MR) is 79.5 cm³/mol. The third-order valence-electron chi connectivity index (χ3n) is 3.56. The lowest BCUT2D eigenvalue weighted by Crippen LogP contribution is -2.36. The first-order chi connectivity index (χ1) is 7.90. The summed E-state index contributed by atoms with van der Waals surface area (Å²) in [5, 5.41) is 3.75. The van der Waals surface area contributed by atoms with E-state index in [9.17, 15) is 0 Å². The molecular formula is C16H35N. The summed E-state index contributed by atoms with van der Waals surface area (Å²) in [7, 11) is 0. The van der Waals surface area contributed by atoms with E-state index >= 15 is 0 Å². The topological polar surface area (TPSA) is 12.0 Å². The molecule has 0 aromatic heterocycles. The Balaban J connectivity index is 4.11. The van der Waals surface area contributed by atoms with Gasteiger partial charge in [0.25, 0.3) is 0 Å². The predicted octanol–water partition coefficient (Wildman–Crippen LogP) is 5.01. The van der Waals surface area contributed by atoms with Crippen molar-refractivity contribution >= 4 is 0 Å². The summed E-state index contributed by atoms with van der Waals surface area (Å²) in [6.07, 6.45) is 7.97. The number of rotatable bonds is 9. The Morgan fingerprint density at radius 1 is 1.00 bits per heavy atom. The van der Waals surface area contributed by atoms with Gasteiger partial charge in [0.05, 0.1) is 0 Å². The van der Waals surface area contributed by atoms with Gasteiger partial charge in [-0.3, -0.25) is 0 Å². The molecule has 0 bridgehead atoms. The molecule has 1 nitrogen and oxygen atoms in total. The molecule has 0 fully saturated rings. The van der Waals surface area contributed by atoms with Crippen LogP contribution < -0.4 is 5.32 Å². The van der Waals surface area contributed by atoms with Crippen molar-refractivity contribution in [3.05, 3.63) is 0 Å². The number of hydrogen-bond acceptors (Lipinski definition) is 1. The lowest BCUT2D eigenvalue weighted by molar-refractivity contribution is 0.276. The Bertz CT molecular complexity index is 169. The van der Waals surface area contributed by atoms with E-state index in [4.69, 9.17) is 0 Å². The van der Waals surface area contributed by atoms with Crippen LogP contribution in [0.2, 0.25) is 0 Å². The van der Waals surface area contributed by atoms with Gasteiger partial charge >= 0.3 is 0 Å². The Hall–Kier alpha value is -0.0400. The highest BCUT2D eigenvalue weighted by Gasteiger charge is 2.19. The van der Waals surface area contributed by atoms with Crippen molar-refractivity contribution in [2.75, 3.05) is 6.54 Å². The molecule has 1 heteroatoms.